The number of allylic oxidation sites excluding steroid dienone is 4. The second-order valence-corrected chi connectivity index (χ2v) is 4.50. The van der Waals surface area contributed by atoms with Crippen molar-refractivity contribution in [1.29, 1.82) is 0 Å². The first-order valence-corrected chi connectivity index (χ1v) is 7.25. The number of nitrogens with zero attached hydrogens (tertiary/aromatic N) is 1. The Morgan fingerprint density at radius 3 is 2.40 bits per heavy atom. The summed E-state index contributed by atoms with van der Waals surface area (Å²) in [4.78, 5) is 14.8. The third-order valence-electron chi connectivity index (χ3n) is 3.05. The Hall–Kier alpha value is -1.48. The van der Waals surface area contributed by atoms with Crippen LogP contribution < -0.4 is 0 Å². The molecule has 3 heteroatoms. The lowest BCUT2D eigenvalue weighted by Crippen LogP contribution is -2.09. The van der Waals surface area contributed by atoms with Crippen LogP contribution in [0.3, 0.4) is 0 Å². The van der Waals surface area contributed by atoms with Crippen molar-refractivity contribution >= 4 is 12.0 Å². The lowest BCUT2D eigenvalue weighted by atomic mass is 9.91. The standard InChI is InChI=1S/C17H27NO2/c1-5-9-16(17(18-4)14(3)6-2)15(11-13-20)10-7-8-12-19/h9-10,12,20H,3,5-8,11,13H2,1-2,4H3/b15-10?,16-9-,18-17?. The summed E-state index contributed by atoms with van der Waals surface area (Å²) in [6.45, 7) is 8.28. The number of aliphatic imine (C=N–C) groups is 1. The molecule has 0 aliphatic heterocycles. The van der Waals surface area contributed by atoms with Crippen LogP contribution in [0, 0.1) is 0 Å². The van der Waals surface area contributed by atoms with E-state index >= 15 is 0 Å². The first kappa shape index (κ1) is 18.5. The highest BCUT2D eigenvalue weighted by Crippen LogP contribution is 2.22. The maximum absolute atomic E-state index is 10.5. The molecule has 0 heterocycles. The summed E-state index contributed by atoms with van der Waals surface area (Å²) in [5, 5.41) is 9.26. The Labute approximate surface area is 122 Å². The molecule has 0 radical (unpaired) electrons. The molecule has 0 unspecified atom stereocenters. The van der Waals surface area contributed by atoms with Crippen molar-refractivity contribution in [2.45, 2.75) is 46.0 Å². The zero-order chi connectivity index (χ0) is 15.4. The molecule has 3 nitrogen and oxygen atoms in total. The summed E-state index contributed by atoms with van der Waals surface area (Å²) in [5.74, 6) is 0. The molecule has 0 saturated carbocycles. The van der Waals surface area contributed by atoms with Crippen molar-refractivity contribution in [3.8, 4) is 0 Å². The molecule has 0 fully saturated rings. The number of hydrogen-bond acceptors (Lipinski definition) is 3. The van der Waals surface area contributed by atoms with Gasteiger partial charge in [0, 0.05) is 20.1 Å². The molecule has 112 valence electrons. The SMILES string of the molecule is C=C(CC)C(=NC)/C(=C\CC)C(=CCCC=O)CCO. The van der Waals surface area contributed by atoms with E-state index in [0.717, 1.165) is 41.6 Å². The number of rotatable bonds is 10. The predicted molar refractivity (Wildman–Crippen MR) is 86.2 cm³/mol. The lowest BCUT2D eigenvalue weighted by molar-refractivity contribution is -0.107. The topological polar surface area (TPSA) is 49.7 Å². The average Bonchev–Trinajstić information content (AvgIpc) is 2.46. The van der Waals surface area contributed by atoms with Crippen molar-refractivity contribution in [3.05, 3.63) is 35.5 Å². The van der Waals surface area contributed by atoms with Crippen LogP contribution in [0.25, 0.3) is 0 Å². The van der Waals surface area contributed by atoms with Gasteiger partial charge in [0.2, 0.25) is 0 Å². The van der Waals surface area contributed by atoms with Gasteiger partial charge in [-0.1, -0.05) is 32.6 Å². The Kier molecular flexibility index (Phi) is 10.5. The van der Waals surface area contributed by atoms with E-state index in [4.69, 9.17) is 0 Å². The molecule has 0 saturated heterocycles. The van der Waals surface area contributed by atoms with Gasteiger partial charge in [-0.2, -0.15) is 0 Å². The van der Waals surface area contributed by atoms with E-state index in [2.05, 4.69) is 31.5 Å². The van der Waals surface area contributed by atoms with Crippen LogP contribution in [0.1, 0.15) is 46.0 Å². The number of hydrogen-bond donors (Lipinski definition) is 1. The third-order valence-corrected chi connectivity index (χ3v) is 3.05. The van der Waals surface area contributed by atoms with Gasteiger partial charge in [0.15, 0.2) is 0 Å². The maximum atomic E-state index is 10.5. The van der Waals surface area contributed by atoms with Crippen LogP contribution in [-0.2, 0) is 4.79 Å². The highest BCUT2D eigenvalue weighted by atomic mass is 16.3. The molecule has 1 N–H and O–H groups in total. The zero-order valence-electron chi connectivity index (χ0n) is 13.0. The zero-order valence-corrected chi connectivity index (χ0v) is 13.0. The fraction of sp³-hybridized carbons (Fsp3) is 0.529. The Morgan fingerprint density at radius 1 is 1.25 bits per heavy atom. The van der Waals surface area contributed by atoms with Gasteiger partial charge in [0.1, 0.15) is 6.29 Å². The summed E-state index contributed by atoms with van der Waals surface area (Å²) in [5.41, 5.74) is 3.99. The van der Waals surface area contributed by atoms with Crippen LogP contribution in [0.2, 0.25) is 0 Å². The molecule has 20 heavy (non-hydrogen) atoms. The van der Waals surface area contributed by atoms with Crippen molar-refractivity contribution < 1.29 is 9.90 Å². The molecular formula is C17H27NO2. The molecule has 0 spiro atoms. The van der Waals surface area contributed by atoms with Crippen molar-refractivity contribution in [1.82, 2.24) is 0 Å². The van der Waals surface area contributed by atoms with Gasteiger partial charge in [-0.25, -0.2) is 0 Å². The van der Waals surface area contributed by atoms with Crippen molar-refractivity contribution in [3.63, 3.8) is 0 Å². The number of aliphatic hydroxyl groups excluding tert-OH is 1. The molecule has 0 aliphatic rings. The fourth-order valence-corrected chi connectivity index (χ4v) is 2.01. The Bertz CT molecular complexity index is 403. The predicted octanol–water partition coefficient (Wildman–Crippen LogP) is 3.65. The van der Waals surface area contributed by atoms with Crippen LogP contribution >= 0.6 is 0 Å². The summed E-state index contributed by atoms with van der Waals surface area (Å²) < 4.78 is 0. The highest BCUT2D eigenvalue weighted by Gasteiger charge is 2.13. The summed E-state index contributed by atoms with van der Waals surface area (Å²) in [7, 11) is 1.77. The first-order valence-electron chi connectivity index (χ1n) is 7.25. The van der Waals surface area contributed by atoms with Crippen LogP contribution in [-0.4, -0.2) is 30.8 Å². The van der Waals surface area contributed by atoms with Crippen molar-refractivity contribution in [2.75, 3.05) is 13.7 Å². The van der Waals surface area contributed by atoms with E-state index in [0.29, 0.717) is 19.3 Å². The van der Waals surface area contributed by atoms with Crippen LogP contribution in [0.15, 0.2) is 40.4 Å². The van der Waals surface area contributed by atoms with E-state index in [1.54, 1.807) is 7.05 Å². The second-order valence-electron chi connectivity index (χ2n) is 4.50. The van der Waals surface area contributed by atoms with Crippen molar-refractivity contribution in [2.24, 2.45) is 4.99 Å². The molecule has 0 atom stereocenters. The number of carbonyl (C=O) groups is 1. The molecule has 0 amide bonds. The number of carbonyl (C=O) groups excluding carboxylic acids is 1. The van der Waals surface area contributed by atoms with Gasteiger partial charge in [-0.15, -0.1) is 0 Å². The fourth-order valence-electron chi connectivity index (χ4n) is 2.01. The van der Waals surface area contributed by atoms with Crippen LogP contribution in [0.4, 0.5) is 0 Å². The molecule has 0 aliphatic carbocycles. The first-order chi connectivity index (χ1) is 9.65. The number of aldehydes is 1. The maximum Gasteiger partial charge on any atom is 0.120 e. The van der Waals surface area contributed by atoms with Gasteiger partial charge >= 0.3 is 0 Å². The molecule has 0 aromatic carbocycles. The normalized spacial score (nSPS) is 13.5. The van der Waals surface area contributed by atoms with E-state index in [9.17, 15) is 9.90 Å². The van der Waals surface area contributed by atoms with E-state index in [-0.39, 0.29) is 6.61 Å². The van der Waals surface area contributed by atoms with E-state index in [1.807, 2.05) is 6.08 Å². The smallest absolute Gasteiger partial charge is 0.120 e. The third kappa shape index (κ3) is 6.11. The molecule has 0 aromatic rings. The minimum absolute atomic E-state index is 0.0869. The van der Waals surface area contributed by atoms with Gasteiger partial charge in [0.05, 0.1) is 5.71 Å². The molecule has 0 bridgehead atoms. The largest absolute Gasteiger partial charge is 0.396 e. The van der Waals surface area contributed by atoms with Gasteiger partial charge in [0.25, 0.3) is 0 Å². The Morgan fingerprint density at radius 2 is 1.95 bits per heavy atom. The average molecular weight is 277 g/mol. The number of unbranched alkanes of at least 4 members (excludes halogenated alkanes) is 1. The minimum Gasteiger partial charge on any atom is -0.396 e. The van der Waals surface area contributed by atoms with Gasteiger partial charge in [-0.3, -0.25) is 4.99 Å². The highest BCUT2D eigenvalue weighted by molar-refractivity contribution is 6.14. The quantitative estimate of drug-likeness (QED) is 0.287. The minimum atomic E-state index is 0.0869. The molecular weight excluding hydrogens is 250 g/mol. The van der Waals surface area contributed by atoms with E-state index < -0.39 is 0 Å². The number of aliphatic hydroxyl groups is 1. The Balaban J connectivity index is 5.48. The monoisotopic (exact) mass is 277 g/mol. The second kappa shape index (κ2) is 11.4. The summed E-state index contributed by atoms with van der Waals surface area (Å²) in [6.07, 6.45) is 8.55. The van der Waals surface area contributed by atoms with E-state index in [1.165, 1.54) is 0 Å². The summed E-state index contributed by atoms with van der Waals surface area (Å²) >= 11 is 0. The summed E-state index contributed by atoms with van der Waals surface area (Å²) in [6, 6.07) is 0. The van der Waals surface area contributed by atoms with Crippen LogP contribution in [0.5, 0.6) is 0 Å². The van der Waals surface area contributed by atoms with Gasteiger partial charge < -0.3 is 9.90 Å². The lowest BCUT2D eigenvalue weighted by Gasteiger charge is -2.16. The van der Waals surface area contributed by atoms with Gasteiger partial charge in [-0.05, 0) is 42.4 Å². The molecule has 0 rings (SSSR count). The molecule has 0 aromatic heterocycles.